The maximum absolute atomic E-state index is 12.3. The number of nitrogens with one attached hydrogen (secondary N) is 2. The number of halogens is 1. The zero-order chi connectivity index (χ0) is 23.9. The maximum Gasteiger partial charge on any atom is 0.272 e. The van der Waals surface area contributed by atoms with Crippen LogP contribution in [-0.4, -0.2) is 47.8 Å². The zero-order valence-electron chi connectivity index (χ0n) is 18.5. The van der Waals surface area contributed by atoms with Gasteiger partial charge in [-0.3, -0.25) is 15.0 Å². The number of amides is 2. The summed E-state index contributed by atoms with van der Waals surface area (Å²) in [5, 5.41) is 17.3. The number of rotatable bonds is 7. The van der Waals surface area contributed by atoms with Crippen LogP contribution < -0.4 is 15.6 Å². The topological polar surface area (TPSA) is 103 Å². The number of benzene rings is 3. The summed E-state index contributed by atoms with van der Waals surface area (Å²) in [6.07, 6.45) is 4.89. The number of carbonyl (C=O) groups is 2. The highest BCUT2D eigenvalue weighted by molar-refractivity contribution is 6.32. The highest BCUT2D eigenvalue weighted by Crippen LogP contribution is 2.28. The lowest BCUT2D eigenvalue weighted by molar-refractivity contribution is -0.128. The average Bonchev–Trinajstić information content (AvgIpc) is 2.85. The van der Waals surface area contributed by atoms with Crippen molar-refractivity contribution < 1.29 is 19.4 Å². The Hall–Kier alpha value is -3.62. The van der Waals surface area contributed by atoms with E-state index < -0.39 is 5.91 Å². The van der Waals surface area contributed by atoms with Gasteiger partial charge in [-0.25, -0.2) is 10.4 Å². The van der Waals surface area contributed by atoms with Gasteiger partial charge in [-0.05, 0) is 48.6 Å². The molecule has 8 nitrogen and oxygen atoms in total. The average molecular weight is 481 g/mol. The summed E-state index contributed by atoms with van der Waals surface area (Å²) in [4.78, 5) is 24.6. The van der Waals surface area contributed by atoms with E-state index in [0.29, 0.717) is 5.75 Å². The Labute approximate surface area is 202 Å². The molecule has 3 aromatic carbocycles. The van der Waals surface area contributed by atoms with Gasteiger partial charge in [0, 0.05) is 29.6 Å². The van der Waals surface area contributed by atoms with Crippen LogP contribution in [0.2, 0.25) is 5.02 Å². The van der Waals surface area contributed by atoms with Crippen LogP contribution in [0, 0.1) is 0 Å². The number of nitrogens with zero attached hydrogens (tertiary/aromatic N) is 2. The Morgan fingerprint density at radius 1 is 1.06 bits per heavy atom. The van der Waals surface area contributed by atoms with E-state index in [-0.39, 0.29) is 28.8 Å². The number of hydrogen-bond acceptors (Lipinski definition) is 6. The second-order valence-electron chi connectivity index (χ2n) is 7.94. The smallest absolute Gasteiger partial charge is 0.272 e. The second-order valence-corrected chi connectivity index (χ2v) is 8.34. The highest BCUT2D eigenvalue weighted by Gasteiger charge is 2.14. The summed E-state index contributed by atoms with van der Waals surface area (Å²) in [5.41, 5.74) is 6.39. The molecule has 0 radical (unpaired) electrons. The lowest BCUT2D eigenvalue weighted by Gasteiger charge is -2.26. The van der Waals surface area contributed by atoms with Crippen LogP contribution in [0.4, 0.5) is 0 Å². The molecule has 34 heavy (non-hydrogen) atoms. The molecule has 1 aliphatic rings. The van der Waals surface area contributed by atoms with Crippen LogP contribution in [0.3, 0.4) is 0 Å². The molecule has 3 N–H and O–H groups in total. The molecule has 0 aromatic heterocycles. The fourth-order valence-corrected chi connectivity index (χ4v) is 3.94. The summed E-state index contributed by atoms with van der Waals surface area (Å²) in [6, 6.07) is 15.4. The van der Waals surface area contributed by atoms with Crippen LogP contribution in [0.15, 0.2) is 59.7 Å². The van der Waals surface area contributed by atoms with E-state index in [9.17, 15) is 14.7 Å². The third kappa shape index (κ3) is 5.84. The van der Waals surface area contributed by atoms with Crippen LogP contribution in [0.5, 0.6) is 11.5 Å². The predicted molar refractivity (Wildman–Crippen MR) is 131 cm³/mol. The Balaban J connectivity index is 1.42. The molecule has 1 heterocycles. The molecule has 0 atom stereocenters. The van der Waals surface area contributed by atoms with Gasteiger partial charge in [0.2, 0.25) is 0 Å². The van der Waals surface area contributed by atoms with E-state index in [1.807, 2.05) is 35.3 Å². The molecule has 1 aliphatic heterocycles. The molecule has 1 fully saturated rings. The van der Waals surface area contributed by atoms with Crippen molar-refractivity contribution in [3.05, 3.63) is 70.7 Å². The lowest BCUT2D eigenvalue weighted by Crippen LogP contribution is -2.46. The molecule has 176 valence electrons. The van der Waals surface area contributed by atoms with Crippen molar-refractivity contribution >= 4 is 40.4 Å². The summed E-state index contributed by atoms with van der Waals surface area (Å²) >= 11 is 5.85. The van der Waals surface area contributed by atoms with Crippen molar-refractivity contribution in [2.45, 2.75) is 19.3 Å². The molecule has 3 aromatic rings. The third-order valence-corrected chi connectivity index (χ3v) is 5.80. The van der Waals surface area contributed by atoms with Crippen LogP contribution in [0.1, 0.15) is 35.2 Å². The fourth-order valence-electron chi connectivity index (χ4n) is 3.76. The number of hydrazine groups is 1. The van der Waals surface area contributed by atoms with Crippen LogP contribution in [-0.2, 0) is 4.79 Å². The molecule has 0 unspecified atom stereocenters. The summed E-state index contributed by atoms with van der Waals surface area (Å²) in [6.45, 7) is 1.64. The van der Waals surface area contributed by atoms with Gasteiger partial charge < -0.3 is 9.84 Å². The molecule has 1 saturated heterocycles. The van der Waals surface area contributed by atoms with E-state index >= 15 is 0 Å². The van der Waals surface area contributed by atoms with Crippen molar-refractivity contribution in [1.29, 1.82) is 0 Å². The molecule has 9 heteroatoms. The number of ether oxygens (including phenoxy) is 1. The van der Waals surface area contributed by atoms with E-state index in [4.69, 9.17) is 16.3 Å². The van der Waals surface area contributed by atoms with Gasteiger partial charge in [0.1, 0.15) is 11.5 Å². The van der Waals surface area contributed by atoms with Gasteiger partial charge in [0.05, 0.1) is 11.2 Å². The van der Waals surface area contributed by atoms with Crippen molar-refractivity contribution in [3.63, 3.8) is 0 Å². The van der Waals surface area contributed by atoms with Gasteiger partial charge in [0.15, 0.2) is 6.61 Å². The van der Waals surface area contributed by atoms with E-state index in [0.717, 1.165) is 42.3 Å². The van der Waals surface area contributed by atoms with E-state index in [1.165, 1.54) is 30.8 Å². The Morgan fingerprint density at radius 3 is 2.59 bits per heavy atom. The number of phenolic OH excluding ortho intramolecular Hbond substituents is 1. The van der Waals surface area contributed by atoms with Gasteiger partial charge in [-0.2, -0.15) is 5.10 Å². The number of phenols is 1. The molecule has 0 saturated carbocycles. The molecule has 4 rings (SSSR count). The first-order valence-corrected chi connectivity index (χ1v) is 11.4. The second kappa shape index (κ2) is 11.0. The first kappa shape index (κ1) is 23.5. The number of hydrazone groups is 1. The molecule has 2 amide bonds. The maximum atomic E-state index is 12.3. The number of carbonyl (C=O) groups excluding carboxylic acids is 2. The standard InChI is InChI=1S/C25H25ClN4O4/c26-21-14-17(8-10-22(21)31)25(33)28-27-15-18-9-11-23(20-7-3-2-6-19(18)20)34-16-24(32)29-30-12-4-1-5-13-30/h2-3,6-11,14-15,31H,1,4-5,12-13,16H2,(H,28,33)(H,29,32)/b27-15+. The summed E-state index contributed by atoms with van der Waals surface area (Å²) < 4.78 is 5.81. The van der Waals surface area contributed by atoms with E-state index in [1.54, 1.807) is 6.07 Å². The monoisotopic (exact) mass is 480 g/mol. The molecule has 0 spiro atoms. The molecule has 0 aliphatic carbocycles. The largest absolute Gasteiger partial charge is 0.506 e. The normalized spacial score (nSPS) is 14.3. The number of piperidine rings is 1. The van der Waals surface area contributed by atoms with Crippen molar-refractivity contribution in [1.82, 2.24) is 15.9 Å². The number of aromatic hydroxyl groups is 1. The van der Waals surface area contributed by atoms with Crippen molar-refractivity contribution in [2.24, 2.45) is 5.10 Å². The molecule has 0 bridgehead atoms. The first-order valence-electron chi connectivity index (χ1n) is 11.0. The lowest BCUT2D eigenvalue weighted by atomic mass is 10.0. The summed E-state index contributed by atoms with van der Waals surface area (Å²) in [7, 11) is 0. The minimum Gasteiger partial charge on any atom is -0.506 e. The minimum atomic E-state index is -0.456. The quantitative estimate of drug-likeness (QED) is 0.352. The van der Waals surface area contributed by atoms with Crippen molar-refractivity contribution in [3.8, 4) is 11.5 Å². The third-order valence-electron chi connectivity index (χ3n) is 5.50. The number of fused-ring (bicyclic) bond motifs is 1. The van der Waals surface area contributed by atoms with Gasteiger partial charge in [-0.1, -0.05) is 42.3 Å². The predicted octanol–water partition coefficient (Wildman–Crippen LogP) is 3.86. The zero-order valence-corrected chi connectivity index (χ0v) is 19.2. The van der Waals surface area contributed by atoms with Gasteiger partial charge in [0.25, 0.3) is 11.8 Å². The Kier molecular flexibility index (Phi) is 7.61. The van der Waals surface area contributed by atoms with Crippen LogP contribution in [0.25, 0.3) is 10.8 Å². The Morgan fingerprint density at radius 2 is 1.82 bits per heavy atom. The first-order chi connectivity index (χ1) is 16.5. The minimum absolute atomic E-state index is 0.0841. The fraction of sp³-hybridized carbons (Fsp3) is 0.240. The van der Waals surface area contributed by atoms with Gasteiger partial charge in [-0.15, -0.1) is 0 Å². The van der Waals surface area contributed by atoms with Gasteiger partial charge >= 0.3 is 0 Å². The summed E-state index contributed by atoms with van der Waals surface area (Å²) in [5.74, 6) is -0.153. The number of hydrogen-bond donors (Lipinski definition) is 3. The Bertz CT molecular complexity index is 1220. The molecular weight excluding hydrogens is 456 g/mol. The SMILES string of the molecule is O=C(COc1ccc(/C=N/NC(=O)c2ccc(O)c(Cl)c2)c2ccccc12)NN1CCCCC1. The highest BCUT2D eigenvalue weighted by atomic mass is 35.5. The van der Waals surface area contributed by atoms with E-state index in [2.05, 4.69) is 16.0 Å². The molecular formula is C25H25ClN4O4. The van der Waals surface area contributed by atoms with Crippen LogP contribution >= 0.6 is 11.6 Å². The van der Waals surface area contributed by atoms with Crippen molar-refractivity contribution in [2.75, 3.05) is 19.7 Å².